The van der Waals surface area contributed by atoms with Crippen molar-refractivity contribution in [3.63, 3.8) is 0 Å². The third-order valence-electron chi connectivity index (χ3n) is 3.82. The molecule has 0 saturated heterocycles. The number of aryl methyl sites for hydroxylation is 1. The van der Waals surface area contributed by atoms with Gasteiger partial charge in [-0.15, -0.1) is 5.10 Å². The van der Waals surface area contributed by atoms with Crippen LogP contribution in [-0.2, 0) is 16.8 Å². The highest BCUT2D eigenvalue weighted by Crippen LogP contribution is 2.24. The summed E-state index contributed by atoms with van der Waals surface area (Å²) in [7, 11) is 0. The van der Waals surface area contributed by atoms with E-state index in [4.69, 9.17) is 4.42 Å². The summed E-state index contributed by atoms with van der Waals surface area (Å²) in [5.41, 5.74) is -0.277. The zero-order valence-electron chi connectivity index (χ0n) is 13.1. The first kappa shape index (κ1) is 15.8. The van der Waals surface area contributed by atoms with Crippen LogP contribution in [0.15, 0.2) is 9.21 Å². The van der Waals surface area contributed by atoms with Gasteiger partial charge in [-0.2, -0.15) is 4.68 Å². The predicted octanol–water partition coefficient (Wildman–Crippen LogP) is 1.83. The maximum Gasteiger partial charge on any atom is 0.437 e. The van der Waals surface area contributed by atoms with E-state index < -0.39 is 5.76 Å². The van der Waals surface area contributed by atoms with Crippen molar-refractivity contribution in [2.75, 3.05) is 6.54 Å². The van der Waals surface area contributed by atoms with Crippen LogP contribution in [-0.4, -0.2) is 22.2 Å². The second-order valence-electron chi connectivity index (χ2n) is 6.77. The van der Waals surface area contributed by atoms with Crippen LogP contribution in [0.3, 0.4) is 0 Å². The van der Waals surface area contributed by atoms with Crippen LogP contribution in [0, 0.1) is 5.92 Å². The summed E-state index contributed by atoms with van der Waals surface area (Å²) in [5, 5.41) is 7.14. The van der Waals surface area contributed by atoms with Crippen molar-refractivity contribution < 1.29 is 9.21 Å². The number of rotatable bonds is 5. The highest BCUT2D eigenvalue weighted by Gasteiger charge is 2.23. The lowest BCUT2D eigenvalue weighted by Crippen LogP contribution is -2.31. The van der Waals surface area contributed by atoms with Crippen LogP contribution in [0.4, 0.5) is 0 Å². The molecular weight excluding hydrogens is 270 g/mol. The largest absolute Gasteiger partial charge is 0.437 e. The van der Waals surface area contributed by atoms with E-state index >= 15 is 0 Å². The molecule has 1 aromatic rings. The second-order valence-corrected chi connectivity index (χ2v) is 6.77. The van der Waals surface area contributed by atoms with E-state index in [-0.39, 0.29) is 17.2 Å². The predicted molar refractivity (Wildman–Crippen MR) is 79.0 cm³/mol. The van der Waals surface area contributed by atoms with Crippen LogP contribution >= 0.6 is 0 Å². The molecule has 1 aromatic heterocycles. The molecule has 118 valence electrons. The molecule has 0 radical (unpaired) electrons. The van der Waals surface area contributed by atoms with Crippen molar-refractivity contribution in [2.45, 2.75) is 64.8 Å². The molecule has 0 atom stereocenters. The SMILES string of the molecule is CC(C)(C)c1nn(CCCNC(=O)C2CCCC2)c(=O)o1. The molecule has 21 heavy (non-hydrogen) atoms. The quantitative estimate of drug-likeness (QED) is 0.841. The molecule has 6 nitrogen and oxygen atoms in total. The highest BCUT2D eigenvalue weighted by atomic mass is 16.4. The normalized spacial score (nSPS) is 16.3. The Morgan fingerprint density at radius 3 is 2.62 bits per heavy atom. The highest BCUT2D eigenvalue weighted by molar-refractivity contribution is 5.78. The lowest BCUT2D eigenvalue weighted by Gasteiger charge is -2.11. The number of amides is 1. The van der Waals surface area contributed by atoms with Gasteiger partial charge in [0.05, 0.1) is 0 Å². The molecule has 1 aliphatic rings. The summed E-state index contributed by atoms with van der Waals surface area (Å²) < 4.78 is 6.48. The molecule has 1 fully saturated rings. The molecule has 1 aliphatic carbocycles. The minimum atomic E-state index is -0.429. The molecule has 1 heterocycles. The van der Waals surface area contributed by atoms with Gasteiger partial charge in [0.25, 0.3) is 0 Å². The van der Waals surface area contributed by atoms with Gasteiger partial charge >= 0.3 is 5.76 Å². The van der Waals surface area contributed by atoms with Crippen LogP contribution in [0.2, 0.25) is 0 Å². The van der Waals surface area contributed by atoms with Gasteiger partial charge in [0.1, 0.15) is 0 Å². The third-order valence-corrected chi connectivity index (χ3v) is 3.82. The fourth-order valence-electron chi connectivity index (χ4n) is 2.52. The van der Waals surface area contributed by atoms with Crippen LogP contribution in [0.5, 0.6) is 0 Å². The maximum absolute atomic E-state index is 11.8. The Morgan fingerprint density at radius 1 is 1.38 bits per heavy atom. The summed E-state index contributed by atoms with van der Waals surface area (Å²) in [6, 6.07) is 0. The summed E-state index contributed by atoms with van der Waals surface area (Å²) >= 11 is 0. The van der Waals surface area contributed by atoms with Gasteiger partial charge in [-0.3, -0.25) is 4.79 Å². The first-order valence-corrected chi connectivity index (χ1v) is 7.74. The molecule has 0 unspecified atom stereocenters. The van der Waals surface area contributed by atoms with E-state index in [9.17, 15) is 9.59 Å². The lowest BCUT2D eigenvalue weighted by molar-refractivity contribution is -0.124. The van der Waals surface area contributed by atoms with E-state index in [0.29, 0.717) is 25.4 Å². The van der Waals surface area contributed by atoms with Crippen LogP contribution in [0.1, 0.15) is 58.8 Å². The van der Waals surface area contributed by atoms with Crippen molar-refractivity contribution in [1.29, 1.82) is 0 Å². The average Bonchev–Trinajstić information content (AvgIpc) is 3.03. The molecular formula is C15H25N3O3. The Kier molecular flexibility index (Phi) is 4.85. The number of hydrogen-bond acceptors (Lipinski definition) is 4. The van der Waals surface area contributed by atoms with Gasteiger partial charge in [0.2, 0.25) is 11.8 Å². The first-order valence-electron chi connectivity index (χ1n) is 7.74. The van der Waals surface area contributed by atoms with Gasteiger partial charge in [-0.1, -0.05) is 33.6 Å². The van der Waals surface area contributed by atoms with E-state index in [1.807, 2.05) is 20.8 Å². The van der Waals surface area contributed by atoms with Crippen molar-refractivity contribution in [3.05, 3.63) is 16.4 Å². The number of carbonyl (C=O) groups is 1. The molecule has 0 bridgehead atoms. The monoisotopic (exact) mass is 295 g/mol. The number of nitrogens with one attached hydrogen (secondary N) is 1. The summed E-state index contributed by atoms with van der Waals surface area (Å²) in [6.45, 7) is 6.88. The number of nitrogens with zero attached hydrogens (tertiary/aromatic N) is 2. The van der Waals surface area contributed by atoms with Crippen molar-refractivity contribution in [3.8, 4) is 0 Å². The molecule has 1 saturated carbocycles. The summed E-state index contributed by atoms with van der Waals surface area (Å²) in [6.07, 6.45) is 4.99. The molecule has 0 aromatic carbocycles. The van der Waals surface area contributed by atoms with E-state index in [1.165, 1.54) is 4.68 Å². The Bertz CT molecular complexity index is 533. The molecule has 1 amide bonds. The van der Waals surface area contributed by atoms with Gasteiger partial charge in [0, 0.05) is 24.4 Å². The van der Waals surface area contributed by atoms with E-state index in [2.05, 4.69) is 10.4 Å². The van der Waals surface area contributed by atoms with Gasteiger partial charge in [-0.25, -0.2) is 4.79 Å². The molecule has 6 heteroatoms. The second kappa shape index (κ2) is 6.45. The minimum Gasteiger partial charge on any atom is -0.392 e. The molecule has 0 spiro atoms. The Hall–Kier alpha value is -1.59. The fraction of sp³-hybridized carbons (Fsp3) is 0.800. The lowest BCUT2D eigenvalue weighted by atomic mass is 9.97. The zero-order chi connectivity index (χ0) is 15.5. The summed E-state index contributed by atoms with van der Waals surface area (Å²) in [5.74, 6) is 0.354. The van der Waals surface area contributed by atoms with Crippen molar-refractivity contribution in [1.82, 2.24) is 15.1 Å². The Balaban J connectivity index is 1.77. The van der Waals surface area contributed by atoms with Gasteiger partial charge in [-0.05, 0) is 19.3 Å². The minimum absolute atomic E-state index is 0.149. The maximum atomic E-state index is 11.8. The fourth-order valence-corrected chi connectivity index (χ4v) is 2.52. The number of hydrogen-bond donors (Lipinski definition) is 1. The number of aromatic nitrogens is 2. The zero-order valence-corrected chi connectivity index (χ0v) is 13.1. The molecule has 0 aliphatic heterocycles. The Labute approximate surface area is 124 Å². The smallest absolute Gasteiger partial charge is 0.392 e. The van der Waals surface area contributed by atoms with Crippen molar-refractivity contribution >= 4 is 5.91 Å². The molecule has 2 rings (SSSR count). The topological polar surface area (TPSA) is 77.1 Å². The summed E-state index contributed by atoms with van der Waals surface area (Å²) in [4.78, 5) is 23.5. The van der Waals surface area contributed by atoms with E-state index in [1.54, 1.807) is 0 Å². The standard InChI is InChI=1S/C15H25N3O3/c1-15(2,3)13-17-18(14(20)21-13)10-6-9-16-12(19)11-7-4-5-8-11/h11H,4-10H2,1-3H3,(H,16,19). The average molecular weight is 295 g/mol. The molecule has 1 N–H and O–H groups in total. The van der Waals surface area contributed by atoms with Crippen LogP contribution < -0.4 is 11.1 Å². The Morgan fingerprint density at radius 2 is 2.05 bits per heavy atom. The number of carbonyl (C=O) groups excluding carboxylic acids is 1. The van der Waals surface area contributed by atoms with E-state index in [0.717, 1.165) is 25.7 Å². The van der Waals surface area contributed by atoms with Crippen LogP contribution in [0.25, 0.3) is 0 Å². The van der Waals surface area contributed by atoms with Gasteiger partial charge in [0.15, 0.2) is 0 Å². The van der Waals surface area contributed by atoms with Gasteiger partial charge < -0.3 is 9.73 Å². The van der Waals surface area contributed by atoms with Crippen molar-refractivity contribution in [2.24, 2.45) is 5.92 Å². The first-order chi connectivity index (χ1) is 9.88. The third kappa shape index (κ3) is 4.19.